The molecule has 2 heteroatoms. The summed E-state index contributed by atoms with van der Waals surface area (Å²) in [5, 5.41) is 3.75. The molecule has 1 atom stereocenters. The van der Waals surface area contributed by atoms with Gasteiger partial charge in [0.15, 0.2) is 0 Å². The predicted molar refractivity (Wildman–Crippen MR) is 69.7 cm³/mol. The maximum Gasteiger partial charge on any atom is 0.0223 e. The lowest BCUT2D eigenvalue weighted by molar-refractivity contribution is 0.0900. The van der Waals surface area contributed by atoms with E-state index in [0.29, 0.717) is 5.54 Å². The van der Waals surface area contributed by atoms with E-state index in [0.717, 1.165) is 12.0 Å². The molecule has 0 aromatic rings. The summed E-state index contributed by atoms with van der Waals surface area (Å²) in [4.78, 5) is 2.76. The summed E-state index contributed by atoms with van der Waals surface area (Å²) in [6, 6.07) is 0.778. The molecule has 0 bridgehead atoms. The average molecular weight is 224 g/mol. The molecule has 0 aromatic heterocycles. The van der Waals surface area contributed by atoms with Gasteiger partial charge in [-0.2, -0.15) is 0 Å². The molecule has 2 fully saturated rings. The largest absolute Gasteiger partial charge is 0.312 e. The first-order valence-corrected chi connectivity index (χ1v) is 7.18. The normalized spacial score (nSPS) is 29.1. The zero-order valence-electron chi connectivity index (χ0n) is 11.3. The van der Waals surface area contributed by atoms with Gasteiger partial charge in [0.05, 0.1) is 0 Å². The van der Waals surface area contributed by atoms with Crippen molar-refractivity contribution in [3.63, 3.8) is 0 Å². The molecule has 1 aliphatic heterocycles. The van der Waals surface area contributed by atoms with Gasteiger partial charge in [-0.25, -0.2) is 0 Å². The quantitative estimate of drug-likeness (QED) is 0.790. The molecule has 1 heterocycles. The Labute approximate surface area is 101 Å². The number of hydrogen-bond donors (Lipinski definition) is 1. The topological polar surface area (TPSA) is 15.3 Å². The molecule has 0 amide bonds. The summed E-state index contributed by atoms with van der Waals surface area (Å²) in [7, 11) is 0. The fourth-order valence-corrected chi connectivity index (χ4v) is 2.95. The van der Waals surface area contributed by atoms with Crippen LogP contribution < -0.4 is 5.32 Å². The van der Waals surface area contributed by atoms with Gasteiger partial charge in [-0.05, 0) is 58.0 Å². The lowest BCUT2D eigenvalue weighted by atomic mass is 9.92. The van der Waals surface area contributed by atoms with Crippen LogP contribution in [0.5, 0.6) is 0 Å². The highest BCUT2D eigenvalue weighted by atomic mass is 15.2. The van der Waals surface area contributed by atoms with E-state index in [4.69, 9.17) is 0 Å². The molecule has 2 rings (SSSR count). The van der Waals surface area contributed by atoms with Crippen LogP contribution in [0, 0.1) is 5.92 Å². The Morgan fingerprint density at radius 1 is 1.25 bits per heavy atom. The molecule has 0 spiro atoms. The highest BCUT2D eigenvalue weighted by molar-refractivity contribution is 4.94. The highest BCUT2D eigenvalue weighted by Gasteiger charge is 2.37. The minimum absolute atomic E-state index is 0.430. The Morgan fingerprint density at radius 2 is 1.94 bits per heavy atom. The minimum atomic E-state index is 0.430. The monoisotopic (exact) mass is 224 g/mol. The van der Waals surface area contributed by atoms with E-state index in [1.165, 1.54) is 51.7 Å². The van der Waals surface area contributed by atoms with E-state index in [1.807, 2.05) is 0 Å². The SMILES string of the molecule is CCC(C)(CC)N1CCCNC(C2CC2)C1. The van der Waals surface area contributed by atoms with Gasteiger partial charge in [-0.1, -0.05) is 13.8 Å². The number of nitrogens with one attached hydrogen (secondary N) is 1. The van der Waals surface area contributed by atoms with Crippen molar-refractivity contribution in [3.05, 3.63) is 0 Å². The summed E-state index contributed by atoms with van der Waals surface area (Å²) in [6.45, 7) is 10.9. The molecule has 2 aliphatic rings. The lowest BCUT2D eigenvalue weighted by Crippen LogP contribution is -2.50. The van der Waals surface area contributed by atoms with Crippen molar-refractivity contribution in [2.75, 3.05) is 19.6 Å². The van der Waals surface area contributed by atoms with Crippen LogP contribution in [0.1, 0.15) is 52.9 Å². The highest BCUT2D eigenvalue weighted by Crippen LogP contribution is 2.35. The first-order chi connectivity index (χ1) is 7.69. The van der Waals surface area contributed by atoms with E-state index >= 15 is 0 Å². The molecule has 1 aliphatic carbocycles. The van der Waals surface area contributed by atoms with Crippen molar-refractivity contribution in [1.82, 2.24) is 10.2 Å². The van der Waals surface area contributed by atoms with Crippen molar-refractivity contribution >= 4 is 0 Å². The van der Waals surface area contributed by atoms with Gasteiger partial charge in [0.1, 0.15) is 0 Å². The van der Waals surface area contributed by atoms with Gasteiger partial charge in [-0.3, -0.25) is 4.90 Å². The first kappa shape index (κ1) is 12.4. The Hall–Kier alpha value is -0.0800. The fourth-order valence-electron chi connectivity index (χ4n) is 2.95. The Morgan fingerprint density at radius 3 is 2.50 bits per heavy atom. The molecule has 1 saturated heterocycles. The van der Waals surface area contributed by atoms with Crippen LogP contribution in [0.3, 0.4) is 0 Å². The van der Waals surface area contributed by atoms with Crippen molar-refractivity contribution < 1.29 is 0 Å². The minimum Gasteiger partial charge on any atom is -0.312 e. The van der Waals surface area contributed by atoms with Crippen LogP contribution >= 0.6 is 0 Å². The molecular formula is C14H28N2. The van der Waals surface area contributed by atoms with Gasteiger partial charge < -0.3 is 5.32 Å². The second-order valence-corrected chi connectivity index (χ2v) is 5.90. The van der Waals surface area contributed by atoms with Crippen molar-refractivity contribution in [3.8, 4) is 0 Å². The van der Waals surface area contributed by atoms with Crippen LogP contribution in [-0.4, -0.2) is 36.1 Å². The second kappa shape index (κ2) is 5.05. The zero-order valence-corrected chi connectivity index (χ0v) is 11.3. The third-order valence-corrected chi connectivity index (χ3v) is 4.91. The van der Waals surface area contributed by atoms with Crippen molar-refractivity contribution in [2.45, 2.75) is 64.5 Å². The molecule has 1 saturated carbocycles. The average Bonchev–Trinajstić information content (AvgIpc) is 3.12. The maximum absolute atomic E-state index is 3.75. The Bertz CT molecular complexity index is 219. The molecule has 94 valence electrons. The third-order valence-electron chi connectivity index (χ3n) is 4.91. The first-order valence-electron chi connectivity index (χ1n) is 7.18. The van der Waals surface area contributed by atoms with Crippen LogP contribution in [-0.2, 0) is 0 Å². The molecule has 1 N–H and O–H groups in total. The molecule has 1 unspecified atom stereocenters. The van der Waals surface area contributed by atoms with E-state index < -0.39 is 0 Å². The van der Waals surface area contributed by atoms with Crippen LogP contribution in [0.25, 0.3) is 0 Å². The van der Waals surface area contributed by atoms with Gasteiger partial charge in [0, 0.05) is 18.1 Å². The van der Waals surface area contributed by atoms with Crippen LogP contribution in [0.15, 0.2) is 0 Å². The van der Waals surface area contributed by atoms with Gasteiger partial charge in [0.2, 0.25) is 0 Å². The van der Waals surface area contributed by atoms with Crippen molar-refractivity contribution in [1.29, 1.82) is 0 Å². The van der Waals surface area contributed by atoms with Gasteiger partial charge in [-0.15, -0.1) is 0 Å². The Kier molecular flexibility index (Phi) is 3.91. The van der Waals surface area contributed by atoms with Gasteiger partial charge in [0.25, 0.3) is 0 Å². The van der Waals surface area contributed by atoms with E-state index in [9.17, 15) is 0 Å². The number of hydrogen-bond acceptors (Lipinski definition) is 2. The smallest absolute Gasteiger partial charge is 0.0223 e. The van der Waals surface area contributed by atoms with E-state index in [2.05, 4.69) is 31.0 Å². The Balaban J connectivity index is 2.01. The summed E-state index contributed by atoms with van der Waals surface area (Å²) in [5.74, 6) is 0.985. The molecular weight excluding hydrogens is 196 g/mol. The van der Waals surface area contributed by atoms with Gasteiger partial charge >= 0.3 is 0 Å². The fraction of sp³-hybridized carbons (Fsp3) is 1.00. The molecule has 16 heavy (non-hydrogen) atoms. The number of rotatable bonds is 4. The standard InChI is InChI=1S/C14H28N2/c1-4-14(3,5-2)16-10-6-9-15-13(11-16)12-7-8-12/h12-13,15H,4-11H2,1-3H3. The predicted octanol–water partition coefficient (Wildman–Crippen LogP) is 2.64. The van der Waals surface area contributed by atoms with Crippen LogP contribution in [0.4, 0.5) is 0 Å². The summed E-state index contributed by atoms with van der Waals surface area (Å²) < 4.78 is 0. The summed E-state index contributed by atoms with van der Waals surface area (Å²) >= 11 is 0. The zero-order chi connectivity index (χ0) is 11.6. The van der Waals surface area contributed by atoms with Crippen LogP contribution in [0.2, 0.25) is 0 Å². The number of nitrogens with zero attached hydrogens (tertiary/aromatic N) is 1. The van der Waals surface area contributed by atoms with E-state index in [-0.39, 0.29) is 0 Å². The van der Waals surface area contributed by atoms with Crippen molar-refractivity contribution in [2.24, 2.45) is 5.92 Å². The third kappa shape index (κ3) is 2.60. The van der Waals surface area contributed by atoms with E-state index in [1.54, 1.807) is 0 Å². The lowest BCUT2D eigenvalue weighted by Gasteiger charge is -2.41. The molecule has 0 radical (unpaired) electrons. The molecule has 2 nitrogen and oxygen atoms in total. The molecule has 0 aromatic carbocycles. The second-order valence-electron chi connectivity index (χ2n) is 5.90. The summed E-state index contributed by atoms with van der Waals surface area (Å²) in [6.07, 6.45) is 6.79. The maximum atomic E-state index is 3.75. The summed E-state index contributed by atoms with van der Waals surface area (Å²) in [5.41, 5.74) is 0.430.